The molecule has 0 radical (unpaired) electrons. The topological polar surface area (TPSA) is 43.0 Å². The summed E-state index contributed by atoms with van der Waals surface area (Å²) in [6.45, 7) is 5.32. The van der Waals surface area contributed by atoms with Gasteiger partial charge in [-0.05, 0) is 36.5 Å². The fourth-order valence-electron chi connectivity index (χ4n) is 3.92. The van der Waals surface area contributed by atoms with E-state index in [0.29, 0.717) is 5.92 Å². The number of nitrogens with one attached hydrogen (secondary N) is 1. The predicted molar refractivity (Wildman–Crippen MR) is 83.4 cm³/mol. The number of halogens is 2. The summed E-state index contributed by atoms with van der Waals surface area (Å²) < 4.78 is 41.3. The van der Waals surface area contributed by atoms with Crippen molar-refractivity contribution in [2.24, 2.45) is 5.92 Å². The van der Waals surface area contributed by atoms with Crippen molar-refractivity contribution >= 4 is 0 Å². The Morgan fingerprint density at radius 1 is 1.08 bits per heavy atom. The molecule has 1 aromatic carbocycles. The quantitative estimate of drug-likeness (QED) is 0.915. The monoisotopic (exact) mass is 340 g/mol. The third-order valence-corrected chi connectivity index (χ3v) is 5.02. The summed E-state index contributed by atoms with van der Waals surface area (Å²) in [6, 6.07) is 5.41. The SMILES string of the molecule is FC1(F)Oc2ccc([C@H](C3CCOCC3)N3CCNCC3)cc2O1. The van der Waals surface area contributed by atoms with Crippen molar-refractivity contribution in [2.45, 2.75) is 25.2 Å². The number of piperazine rings is 1. The molecule has 0 amide bonds. The van der Waals surface area contributed by atoms with Gasteiger partial charge in [-0.25, -0.2) is 0 Å². The Hall–Kier alpha value is -1.44. The van der Waals surface area contributed by atoms with Crippen LogP contribution in [0.1, 0.15) is 24.4 Å². The smallest absolute Gasteiger partial charge is 0.395 e. The molecule has 1 N–H and O–H groups in total. The molecule has 2 fully saturated rings. The zero-order valence-electron chi connectivity index (χ0n) is 13.5. The third-order valence-electron chi connectivity index (χ3n) is 5.02. The maximum Gasteiger partial charge on any atom is 0.586 e. The maximum absolute atomic E-state index is 13.3. The Kier molecular flexibility index (Phi) is 4.32. The van der Waals surface area contributed by atoms with E-state index in [1.54, 1.807) is 12.1 Å². The second-order valence-corrected chi connectivity index (χ2v) is 6.55. The molecule has 2 saturated heterocycles. The molecule has 5 nitrogen and oxygen atoms in total. The number of hydrogen-bond donors (Lipinski definition) is 1. The summed E-state index contributed by atoms with van der Waals surface area (Å²) in [5.41, 5.74) is 1.02. The Morgan fingerprint density at radius 2 is 1.79 bits per heavy atom. The van der Waals surface area contributed by atoms with Crippen LogP contribution in [0, 0.1) is 5.92 Å². The van der Waals surface area contributed by atoms with Crippen LogP contribution < -0.4 is 14.8 Å². The van der Waals surface area contributed by atoms with E-state index in [4.69, 9.17) is 4.74 Å². The minimum atomic E-state index is -3.57. The molecule has 24 heavy (non-hydrogen) atoms. The average molecular weight is 340 g/mol. The second-order valence-electron chi connectivity index (χ2n) is 6.55. The standard InChI is InChI=1S/C17H22F2N2O3/c18-17(19)23-14-2-1-13(11-15(14)24-17)16(12-3-9-22-10-4-12)21-7-5-20-6-8-21/h1-2,11-12,16,20H,3-10H2/t16-/m0/s1. The molecule has 3 aliphatic rings. The first-order chi connectivity index (χ1) is 11.6. The summed E-state index contributed by atoms with van der Waals surface area (Å²) in [4.78, 5) is 2.45. The van der Waals surface area contributed by atoms with Gasteiger partial charge in [0.05, 0.1) is 0 Å². The number of ether oxygens (including phenoxy) is 3. The third kappa shape index (κ3) is 3.20. The van der Waals surface area contributed by atoms with Gasteiger partial charge in [-0.15, -0.1) is 8.78 Å². The zero-order valence-corrected chi connectivity index (χ0v) is 13.5. The van der Waals surface area contributed by atoms with E-state index in [2.05, 4.69) is 19.7 Å². The van der Waals surface area contributed by atoms with Crippen molar-refractivity contribution in [1.29, 1.82) is 0 Å². The van der Waals surface area contributed by atoms with Crippen LogP contribution in [0.15, 0.2) is 18.2 Å². The molecular formula is C17H22F2N2O3. The number of nitrogens with zero attached hydrogens (tertiary/aromatic N) is 1. The highest BCUT2D eigenvalue weighted by Crippen LogP contribution is 2.44. The molecule has 3 aliphatic heterocycles. The molecule has 0 spiro atoms. The van der Waals surface area contributed by atoms with E-state index < -0.39 is 6.29 Å². The molecule has 7 heteroatoms. The van der Waals surface area contributed by atoms with Gasteiger partial charge in [0.25, 0.3) is 0 Å². The normalized spacial score (nSPS) is 25.6. The summed E-state index contributed by atoms with van der Waals surface area (Å²) in [5.74, 6) is 0.692. The van der Waals surface area contributed by atoms with Crippen molar-refractivity contribution in [3.05, 3.63) is 23.8 Å². The summed E-state index contributed by atoms with van der Waals surface area (Å²) in [5, 5.41) is 3.37. The second kappa shape index (κ2) is 6.46. The number of benzene rings is 1. The van der Waals surface area contributed by atoms with E-state index in [0.717, 1.165) is 57.8 Å². The van der Waals surface area contributed by atoms with Crippen LogP contribution in [0.4, 0.5) is 8.78 Å². The van der Waals surface area contributed by atoms with Gasteiger partial charge in [0.2, 0.25) is 0 Å². The fourth-order valence-corrected chi connectivity index (χ4v) is 3.92. The minimum absolute atomic E-state index is 0.106. The van der Waals surface area contributed by atoms with Crippen molar-refractivity contribution < 1.29 is 23.0 Å². The average Bonchev–Trinajstić information content (AvgIpc) is 2.90. The Bertz CT molecular complexity index is 569. The number of alkyl halides is 2. The van der Waals surface area contributed by atoms with Gasteiger partial charge in [-0.2, -0.15) is 0 Å². The van der Waals surface area contributed by atoms with Crippen molar-refractivity contribution in [3.8, 4) is 11.5 Å². The number of hydrogen-bond acceptors (Lipinski definition) is 5. The first-order valence-corrected chi connectivity index (χ1v) is 8.55. The van der Waals surface area contributed by atoms with E-state index in [1.807, 2.05) is 6.07 Å². The van der Waals surface area contributed by atoms with E-state index >= 15 is 0 Å². The van der Waals surface area contributed by atoms with Gasteiger partial charge in [0.1, 0.15) is 0 Å². The summed E-state index contributed by atoms with van der Waals surface area (Å²) in [6.07, 6.45) is -1.59. The molecule has 3 heterocycles. The molecule has 0 unspecified atom stereocenters. The summed E-state index contributed by atoms with van der Waals surface area (Å²) in [7, 11) is 0. The van der Waals surface area contributed by atoms with Crippen LogP contribution in [-0.2, 0) is 4.74 Å². The van der Waals surface area contributed by atoms with Crippen LogP contribution in [0.3, 0.4) is 0 Å². The van der Waals surface area contributed by atoms with Crippen LogP contribution in [0.2, 0.25) is 0 Å². The molecule has 132 valence electrons. The highest BCUT2D eigenvalue weighted by Gasteiger charge is 2.44. The van der Waals surface area contributed by atoms with Gasteiger partial charge >= 0.3 is 6.29 Å². The predicted octanol–water partition coefficient (Wildman–Crippen LogP) is 2.38. The highest BCUT2D eigenvalue weighted by molar-refractivity contribution is 5.46. The van der Waals surface area contributed by atoms with Crippen molar-refractivity contribution in [3.63, 3.8) is 0 Å². The summed E-state index contributed by atoms with van der Waals surface area (Å²) >= 11 is 0. The number of rotatable bonds is 3. The molecule has 4 rings (SSSR count). The van der Waals surface area contributed by atoms with Gasteiger partial charge in [0, 0.05) is 45.4 Å². The molecule has 0 aliphatic carbocycles. The van der Waals surface area contributed by atoms with Gasteiger partial charge in [-0.3, -0.25) is 4.90 Å². The van der Waals surface area contributed by atoms with Crippen LogP contribution in [0.5, 0.6) is 11.5 Å². The number of fused-ring (bicyclic) bond motifs is 1. The molecule has 0 aromatic heterocycles. The Morgan fingerprint density at radius 3 is 2.54 bits per heavy atom. The lowest BCUT2D eigenvalue weighted by atomic mass is 9.85. The molecule has 1 atom stereocenters. The van der Waals surface area contributed by atoms with E-state index in [-0.39, 0.29) is 17.5 Å². The van der Waals surface area contributed by atoms with Crippen LogP contribution >= 0.6 is 0 Å². The first kappa shape index (κ1) is 16.1. The van der Waals surface area contributed by atoms with Crippen molar-refractivity contribution in [2.75, 3.05) is 39.4 Å². The first-order valence-electron chi connectivity index (χ1n) is 8.55. The largest absolute Gasteiger partial charge is 0.586 e. The van der Waals surface area contributed by atoms with Crippen LogP contribution in [-0.4, -0.2) is 50.6 Å². The molecule has 0 saturated carbocycles. The van der Waals surface area contributed by atoms with E-state index in [1.165, 1.54) is 0 Å². The Labute approximate surface area is 139 Å². The van der Waals surface area contributed by atoms with Gasteiger partial charge in [0.15, 0.2) is 11.5 Å². The molecular weight excluding hydrogens is 318 g/mol. The highest BCUT2D eigenvalue weighted by atomic mass is 19.3. The van der Waals surface area contributed by atoms with Gasteiger partial charge in [-0.1, -0.05) is 6.07 Å². The zero-order chi connectivity index (χ0) is 16.6. The van der Waals surface area contributed by atoms with E-state index in [9.17, 15) is 8.78 Å². The fraction of sp³-hybridized carbons (Fsp3) is 0.647. The van der Waals surface area contributed by atoms with Crippen molar-refractivity contribution in [1.82, 2.24) is 10.2 Å². The lowest BCUT2D eigenvalue weighted by Gasteiger charge is -2.41. The molecule has 0 bridgehead atoms. The minimum Gasteiger partial charge on any atom is -0.395 e. The van der Waals surface area contributed by atoms with Crippen LogP contribution in [0.25, 0.3) is 0 Å². The Balaban J connectivity index is 1.63. The van der Waals surface area contributed by atoms with Gasteiger partial charge < -0.3 is 19.5 Å². The lowest BCUT2D eigenvalue weighted by molar-refractivity contribution is -0.286. The molecule has 1 aromatic rings. The maximum atomic E-state index is 13.3. The lowest BCUT2D eigenvalue weighted by Crippen LogP contribution is -2.47.